The number of thiophene rings is 1. The third-order valence-corrected chi connectivity index (χ3v) is 6.80. The fraction of sp³-hybridized carbons (Fsp3) is 0.308. The van der Waals surface area contributed by atoms with Crippen molar-refractivity contribution in [1.29, 1.82) is 0 Å². The maximum absolute atomic E-state index is 13.5. The Kier molecular flexibility index (Phi) is 6.52. The van der Waals surface area contributed by atoms with Crippen LogP contribution in [0.4, 0.5) is 0 Å². The molecule has 1 aliphatic heterocycles. The average molecular weight is 433 g/mol. The molecule has 1 atom stereocenters. The number of hydrogen-bond donors (Lipinski definition) is 0. The zero-order valence-corrected chi connectivity index (χ0v) is 18.9. The van der Waals surface area contributed by atoms with Crippen molar-refractivity contribution in [2.24, 2.45) is 0 Å². The van der Waals surface area contributed by atoms with Crippen LogP contribution in [0.15, 0.2) is 66.0 Å². The Labute approximate surface area is 188 Å². The van der Waals surface area contributed by atoms with Crippen LogP contribution < -0.4 is 0 Å². The number of fused-ring (bicyclic) bond motifs is 1. The Bertz CT molecular complexity index is 1040. The number of aryl methyl sites for hydroxylation is 1. The van der Waals surface area contributed by atoms with E-state index in [1.807, 2.05) is 42.2 Å². The number of carbonyl (C=O) groups is 2. The van der Waals surface area contributed by atoms with E-state index < -0.39 is 0 Å². The number of carbonyl (C=O) groups excluding carboxylic acids is 2. The van der Waals surface area contributed by atoms with E-state index >= 15 is 0 Å². The lowest BCUT2D eigenvalue weighted by Crippen LogP contribution is -2.47. The molecule has 0 fully saturated rings. The average Bonchev–Trinajstić information content (AvgIpc) is 3.28. The summed E-state index contributed by atoms with van der Waals surface area (Å²) < 4.78 is 0. The van der Waals surface area contributed by atoms with Gasteiger partial charge in [0.25, 0.3) is 5.91 Å². The van der Waals surface area contributed by atoms with Crippen molar-refractivity contribution in [2.75, 3.05) is 19.6 Å². The minimum absolute atomic E-state index is 0.000145. The van der Waals surface area contributed by atoms with Gasteiger partial charge in [-0.15, -0.1) is 11.3 Å². The SMILES string of the molecule is CCCN(CC(=O)N1CCc2sccc2C1c1ccc(C)cc1)C(=O)c1ccccc1. The molecule has 2 heterocycles. The van der Waals surface area contributed by atoms with E-state index in [9.17, 15) is 9.59 Å². The lowest BCUT2D eigenvalue weighted by molar-refractivity contribution is -0.134. The van der Waals surface area contributed by atoms with Gasteiger partial charge in [0.1, 0.15) is 6.54 Å². The zero-order chi connectivity index (χ0) is 21.8. The minimum Gasteiger partial charge on any atom is -0.330 e. The van der Waals surface area contributed by atoms with Crippen LogP contribution in [0.5, 0.6) is 0 Å². The van der Waals surface area contributed by atoms with Gasteiger partial charge in [-0.3, -0.25) is 9.59 Å². The normalized spacial score (nSPS) is 15.4. The largest absolute Gasteiger partial charge is 0.330 e. The first-order chi connectivity index (χ1) is 15.1. The number of hydrogen-bond acceptors (Lipinski definition) is 3. The van der Waals surface area contributed by atoms with Gasteiger partial charge in [0.15, 0.2) is 0 Å². The summed E-state index contributed by atoms with van der Waals surface area (Å²) >= 11 is 1.76. The highest BCUT2D eigenvalue weighted by Gasteiger charge is 2.33. The highest BCUT2D eigenvalue weighted by Crippen LogP contribution is 2.38. The van der Waals surface area contributed by atoms with E-state index in [0.717, 1.165) is 18.4 Å². The van der Waals surface area contributed by atoms with Crippen LogP contribution in [-0.2, 0) is 11.2 Å². The summed E-state index contributed by atoms with van der Waals surface area (Å²) in [4.78, 5) is 31.6. The fourth-order valence-corrected chi connectivity index (χ4v) is 5.14. The molecule has 31 heavy (non-hydrogen) atoms. The number of amides is 2. The Morgan fingerprint density at radius 1 is 1.06 bits per heavy atom. The Morgan fingerprint density at radius 3 is 2.52 bits per heavy atom. The third-order valence-electron chi connectivity index (χ3n) is 5.81. The first-order valence-corrected chi connectivity index (χ1v) is 11.7. The molecule has 0 radical (unpaired) electrons. The third kappa shape index (κ3) is 4.57. The maximum atomic E-state index is 13.5. The van der Waals surface area contributed by atoms with Crippen molar-refractivity contribution in [1.82, 2.24) is 9.80 Å². The molecule has 160 valence electrons. The van der Waals surface area contributed by atoms with Gasteiger partial charge >= 0.3 is 0 Å². The second-order valence-corrected chi connectivity index (χ2v) is 9.04. The van der Waals surface area contributed by atoms with Crippen LogP contribution in [0.1, 0.15) is 51.3 Å². The quantitative estimate of drug-likeness (QED) is 0.545. The number of benzene rings is 2. The molecule has 0 N–H and O–H groups in total. The van der Waals surface area contributed by atoms with Crippen molar-refractivity contribution in [3.8, 4) is 0 Å². The van der Waals surface area contributed by atoms with Crippen molar-refractivity contribution in [2.45, 2.75) is 32.7 Å². The van der Waals surface area contributed by atoms with Crippen LogP contribution in [0.3, 0.4) is 0 Å². The summed E-state index contributed by atoms with van der Waals surface area (Å²) in [5, 5.41) is 2.11. The molecule has 3 aromatic rings. The molecule has 4 nitrogen and oxygen atoms in total. The van der Waals surface area contributed by atoms with Crippen molar-refractivity contribution in [3.05, 3.63) is 93.2 Å². The van der Waals surface area contributed by atoms with Gasteiger partial charge in [-0.25, -0.2) is 0 Å². The Morgan fingerprint density at radius 2 is 1.81 bits per heavy atom. The molecule has 0 saturated carbocycles. The monoisotopic (exact) mass is 432 g/mol. The Balaban J connectivity index is 1.61. The lowest BCUT2D eigenvalue weighted by atomic mass is 9.92. The molecule has 2 aromatic carbocycles. The molecule has 0 spiro atoms. The van der Waals surface area contributed by atoms with Crippen molar-refractivity contribution >= 4 is 23.2 Å². The van der Waals surface area contributed by atoms with Gasteiger partial charge in [0.05, 0.1) is 6.04 Å². The lowest BCUT2D eigenvalue weighted by Gasteiger charge is -2.37. The second kappa shape index (κ2) is 9.48. The fourth-order valence-electron chi connectivity index (χ4n) is 4.23. The molecule has 5 heteroatoms. The first kappa shape index (κ1) is 21.3. The number of nitrogens with zero attached hydrogens (tertiary/aromatic N) is 2. The molecule has 0 aliphatic carbocycles. The maximum Gasteiger partial charge on any atom is 0.254 e. The van der Waals surface area contributed by atoms with Crippen LogP contribution in [0.25, 0.3) is 0 Å². The molecule has 1 unspecified atom stereocenters. The van der Waals surface area contributed by atoms with Crippen LogP contribution in [0, 0.1) is 6.92 Å². The topological polar surface area (TPSA) is 40.6 Å². The molecule has 1 aromatic heterocycles. The van der Waals surface area contributed by atoms with Gasteiger partial charge < -0.3 is 9.80 Å². The van der Waals surface area contributed by atoms with Gasteiger partial charge in [-0.1, -0.05) is 55.0 Å². The summed E-state index contributed by atoms with van der Waals surface area (Å²) in [5.41, 5.74) is 4.16. The van der Waals surface area contributed by atoms with E-state index in [4.69, 9.17) is 0 Å². The number of rotatable bonds is 6. The Hall–Kier alpha value is -2.92. The van der Waals surface area contributed by atoms with Crippen LogP contribution >= 0.6 is 11.3 Å². The summed E-state index contributed by atoms with van der Waals surface area (Å²) in [6.45, 7) is 5.44. The van der Waals surface area contributed by atoms with E-state index in [2.05, 4.69) is 42.6 Å². The molecule has 4 rings (SSSR count). The summed E-state index contributed by atoms with van der Waals surface area (Å²) in [6.07, 6.45) is 1.67. The minimum atomic E-state index is -0.0987. The highest BCUT2D eigenvalue weighted by atomic mass is 32.1. The zero-order valence-electron chi connectivity index (χ0n) is 18.1. The highest BCUT2D eigenvalue weighted by molar-refractivity contribution is 7.10. The molecule has 1 aliphatic rings. The van der Waals surface area contributed by atoms with Gasteiger partial charge in [0.2, 0.25) is 5.91 Å². The molecular formula is C26H28N2O2S. The summed E-state index contributed by atoms with van der Waals surface area (Å²) in [6, 6.07) is 19.7. The van der Waals surface area contributed by atoms with Crippen molar-refractivity contribution in [3.63, 3.8) is 0 Å². The molecule has 0 saturated heterocycles. The predicted octanol–water partition coefficient (Wildman–Crippen LogP) is 5.08. The van der Waals surface area contributed by atoms with Crippen LogP contribution in [-0.4, -0.2) is 41.2 Å². The van der Waals surface area contributed by atoms with E-state index in [-0.39, 0.29) is 24.4 Å². The molecule has 0 bridgehead atoms. The van der Waals surface area contributed by atoms with E-state index in [1.165, 1.54) is 16.0 Å². The second-order valence-electron chi connectivity index (χ2n) is 8.04. The molecular weight excluding hydrogens is 404 g/mol. The smallest absolute Gasteiger partial charge is 0.254 e. The van der Waals surface area contributed by atoms with Crippen LogP contribution in [0.2, 0.25) is 0 Å². The van der Waals surface area contributed by atoms with Gasteiger partial charge in [-0.05, 0) is 54.5 Å². The van der Waals surface area contributed by atoms with Crippen molar-refractivity contribution < 1.29 is 9.59 Å². The van der Waals surface area contributed by atoms with Gasteiger partial charge in [-0.2, -0.15) is 0 Å². The summed E-state index contributed by atoms with van der Waals surface area (Å²) in [7, 11) is 0. The van der Waals surface area contributed by atoms with Gasteiger partial charge in [0, 0.05) is 23.5 Å². The summed E-state index contributed by atoms with van der Waals surface area (Å²) in [5.74, 6) is -0.0870. The predicted molar refractivity (Wildman–Crippen MR) is 125 cm³/mol. The van der Waals surface area contributed by atoms with E-state index in [0.29, 0.717) is 18.7 Å². The molecule has 2 amide bonds. The van der Waals surface area contributed by atoms with E-state index in [1.54, 1.807) is 16.2 Å². The standard InChI is InChI=1S/C26H28N2O2S/c1-3-15-27(26(30)21-7-5-4-6-8-21)18-24(29)28-16-13-23-22(14-17-31-23)25(28)20-11-9-19(2)10-12-20/h4-12,14,17,25H,3,13,15-16,18H2,1-2H3. The first-order valence-electron chi connectivity index (χ1n) is 10.8.